The molecule has 0 radical (unpaired) electrons. The number of carbonyl (C=O) groups is 1. The topological polar surface area (TPSA) is 107 Å². The largest absolute Gasteiger partial charge is 0.466 e. The number of hydrogen-bond donors (Lipinski definition) is 0. The maximum atomic E-state index is 11.4. The smallest absolute Gasteiger partial charge is 0.335 e. The molecule has 0 N–H and O–H groups in total. The van der Waals surface area contributed by atoms with Crippen molar-refractivity contribution in [1.82, 2.24) is 15.1 Å². The molecule has 0 atom stereocenters. The van der Waals surface area contributed by atoms with Gasteiger partial charge in [0.05, 0.1) is 11.5 Å². The predicted molar refractivity (Wildman–Crippen MR) is 86.8 cm³/mol. The molecule has 0 aliphatic carbocycles. The number of aryl methyl sites for hydroxylation is 2. The molecule has 9 nitrogen and oxygen atoms in total. The summed E-state index contributed by atoms with van der Waals surface area (Å²) >= 11 is 0. The average molecular weight is 349 g/mol. The Hall–Kier alpha value is -2.84. The summed E-state index contributed by atoms with van der Waals surface area (Å²) in [6, 6.07) is 1.63. The van der Waals surface area contributed by atoms with Crippen molar-refractivity contribution >= 4 is 11.7 Å². The maximum Gasteiger partial charge on any atom is 0.335 e. The van der Waals surface area contributed by atoms with E-state index in [0.29, 0.717) is 48.2 Å². The van der Waals surface area contributed by atoms with Crippen molar-refractivity contribution in [2.24, 2.45) is 0 Å². The highest BCUT2D eigenvalue weighted by atomic mass is 16.8. The second-order valence-electron chi connectivity index (χ2n) is 5.32. The summed E-state index contributed by atoms with van der Waals surface area (Å²) in [5.41, 5.74) is 1.55. The van der Waals surface area contributed by atoms with Gasteiger partial charge in [-0.1, -0.05) is 5.16 Å². The first-order valence-corrected chi connectivity index (χ1v) is 8.01. The molecule has 0 aliphatic rings. The van der Waals surface area contributed by atoms with Crippen LogP contribution in [0.4, 0.5) is 5.69 Å². The van der Waals surface area contributed by atoms with Crippen molar-refractivity contribution in [3.63, 3.8) is 0 Å². The van der Waals surface area contributed by atoms with E-state index in [-0.39, 0.29) is 11.7 Å². The Morgan fingerprint density at radius 1 is 1.36 bits per heavy atom. The van der Waals surface area contributed by atoms with Crippen molar-refractivity contribution in [1.29, 1.82) is 0 Å². The molecule has 134 valence electrons. The van der Waals surface area contributed by atoms with Gasteiger partial charge in [-0.15, -0.1) is 0 Å². The molecule has 9 heteroatoms. The number of esters is 1. The van der Waals surface area contributed by atoms with Gasteiger partial charge in [-0.25, -0.2) is 9.82 Å². The van der Waals surface area contributed by atoms with E-state index in [9.17, 15) is 9.70 Å². The van der Waals surface area contributed by atoms with E-state index in [2.05, 4.69) is 20.0 Å². The lowest BCUT2D eigenvalue weighted by atomic mass is 10.2. The van der Waals surface area contributed by atoms with Gasteiger partial charge in [0.15, 0.2) is 7.11 Å². The molecule has 25 heavy (non-hydrogen) atoms. The first-order chi connectivity index (χ1) is 12.0. The van der Waals surface area contributed by atoms with E-state index in [4.69, 9.17) is 9.26 Å². The Morgan fingerprint density at radius 3 is 2.84 bits per heavy atom. The molecule has 0 aliphatic heterocycles. The zero-order chi connectivity index (χ0) is 18.2. The molecule has 0 saturated heterocycles. The third-order valence-electron chi connectivity index (χ3n) is 3.45. The van der Waals surface area contributed by atoms with Gasteiger partial charge >= 0.3 is 11.7 Å². The van der Waals surface area contributed by atoms with E-state index in [1.165, 1.54) is 13.3 Å². The van der Waals surface area contributed by atoms with Crippen molar-refractivity contribution in [2.45, 2.75) is 39.5 Å². The maximum absolute atomic E-state index is 11.4. The van der Waals surface area contributed by atoms with Gasteiger partial charge in [0, 0.05) is 18.9 Å². The number of ether oxygens (including phenoxy) is 1. The normalized spacial score (nSPS) is 10.5. The monoisotopic (exact) mass is 349 g/mol. The van der Waals surface area contributed by atoms with Crippen molar-refractivity contribution in [3.05, 3.63) is 28.6 Å². The van der Waals surface area contributed by atoms with E-state index in [0.717, 1.165) is 12.0 Å². The van der Waals surface area contributed by atoms with Gasteiger partial charge in [-0.3, -0.25) is 4.79 Å². The Balaban J connectivity index is 1.94. The second kappa shape index (κ2) is 8.86. The Labute approximate surface area is 144 Å². The average Bonchev–Trinajstić information content (AvgIpc) is 3.06. The van der Waals surface area contributed by atoms with Crippen LogP contribution in [0.1, 0.15) is 37.6 Å². The minimum Gasteiger partial charge on any atom is -0.466 e. The number of hydrogen-bond acceptors (Lipinski definition) is 8. The van der Waals surface area contributed by atoms with Gasteiger partial charge in [0.25, 0.3) is 4.92 Å². The number of aromatic nitrogens is 3. The number of unbranched alkanes of at least 4 members (excludes halogenated alkanes) is 1. The van der Waals surface area contributed by atoms with Gasteiger partial charge in [0.2, 0.25) is 11.7 Å². The quantitative estimate of drug-likeness (QED) is 0.386. The first-order valence-electron chi connectivity index (χ1n) is 8.01. The molecule has 0 amide bonds. The molecule has 2 aromatic rings. The van der Waals surface area contributed by atoms with Crippen LogP contribution in [-0.2, 0) is 20.8 Å². The summed E-state index contributed by atoms with van der Waals surface area (Å²) in [6.45, 7) is 3.97. The van der Waals surface area contributed by atoms with Gasteiger partial charge in [-0.05, 0) is 32.3 Å². The Bertz CT molecular complexity index is 744. The highest BCUT2D eigenvalue weighted by Crippen LogP contribution is 2.22. The van der Waals surface area contributed by atoms with E-state index >= 15 is 0 Å². The van der Waals surface area contributed by atoms with Gasteiger partial charge < -0.3 is 9.26 Å². The van der Waals surface area contributed by atoms with Crippen LogP contribution in [0.2, 0.25) is 0 Å². The molecular formula is C16H21N4O5+. The minimum atomic E-state index is -0.197. The first kappa shape index (κ1) is 18.5. The summed E-state index contributed by atoms with van der Waals surface area (Å²) in [5.74, 6) is 0.642. The van der Waals surface area contributed by atoms with Crippen molar-refractivity contribution in [2.75, 3.05) is 13.7 Å². The van der Waals surface area contributed by atoms with Crippen LogP contribution in [0.15, 0.2) is 16.8 Å². The van der Waals surface area contributed by atoms with Crippen molar-refractivity contribution < 1.29 is 23.8 Å². The lowest BCUT2D eigenvalue weighted by Crippen LogP contribution is -2.03. The Morgan fingerprint density at radius 2 is 2.16 bits per heavy atom. The summed E-state index contributed by atoms with van der Waals surface area (Å²) in [7, 11) is 1.28. The summed E-state index contributed by atoms with van der Waals surface area (Å²) in [5, 5.41) is 3.92. The fourth-order valence-electron chi connectivity index (χ4n) is 2.23. The van der Waals surface area contributed by atoms with E-state index in [1.807, 2.05) is 0 Å². The zero-order valence-corrected chi connectivity index (χ0v) is 14.5. The fraction of sp³-hybridized carbons (Fsp3) is 0.500. The summed E-state index contributed by atoms with van der Waals surface area (Å²) in [4.78, 5) is 36.2. The summed E-state index contributed by atoms with van der Waals surface area (Å²) in [6.07, 6.45) is 3.77. The highest BCUT2D eigenvalue weighted by Gasteiger charge is 2.19. The molecule has 0 fully saturated rings. The Kier molecular flexibility index (Phi) is 6.55. The molecular weight excluding hydrogens is 328 g/mol. The molecule has 0 aromatic carbocycles. The molecule has 2 heterocycles. The molecule has 0 spiro atoms. The molecule has 0 unspecified atom stereocenters. The highest BCUT2D eigenvalue weighted by molar-refractivity contribution is 5.69. The fourth-order valence-corrected chi connectivity index (χ4v) is 2.23. The number of carbonyl (C=O) groups excluding carboxylic acids is 1. The third-order valence-corrected chi connectivity index (χ3v) is 3.45. The van der Waals surface area contributed by atoms with E-state index in [1.54, 1.807) is 19.9 Å². The lowest BCUT2D eigenvalue weighted by Gasteiger charge is -2.00. The van der Waals surface area contributed by atoms with Crippen LogP contribution in [0.25, 0.3) is 11.5 Å². The van der Waals surface area contributed by atoms with Gasteiger partial charge in [0.1, 0.15) is 11.9 Å². The predicted octanol–water partition coefficient (Wildman–Crippen LogP) is 2.69. The molecule has 2 rings (SSSR count). The molecule has 0 bridgehead atoms. The van der Waals surface area contributed by atoms with Crippen LogP contribution in [0.3, 0.4) is 0 Å². The van der Waals surface area contributed by atoms with Crippen LogP contribution in [0, 0.1) is 11.8 Å². The lowest BCUT2D eigenvalue weighted by molar-refractivity contribution is -0.736. The summed E-state index contributed by atoms with van der Waals surface area (Å²) < 4.78 is 10.1. The van der Waals surface area contributed by atoms with Crippen molar-refractivity contribution in [3.8, 4) is 11.5 Å². The van der Waals surface area contributed by atoms with Crippen LogP contribution in [-0.4, -0.2) is 39.7 Å². The zero-order valence-electron chi connectivity index (χ0n) is 14.5. The van der Waals surface area contributed by atoms with Crippen LogP contribution in [0.5, 0.6) is 0 Å². The van der Waals surface area contributed by atoms with Crippen LogP contribution < -0.4 is 0 Å². The molecule has 2 aromatic heterocycles. The second-order valence-corrected chi connectivity index (χ2v) is 5.32. The minimum absolute atomic E-state index is 0.197. The SMILES string of the molecule is CCOC(=O)CCCCc1nc(-c2ncc([N+](=O)OC)cc2C)no1. The van der Waals surface area contributed by atoms with Gasteiger partial charge in [-0.2, -0.15) is 4.98 Å². The van der Waals surface area contributed by atoms with Crippen LogP contribution >= 0.6 is 0 Å². The molecule has 0 saturated carbocycles. The van der Waals surface area contributed by atoms with E-state index < -0.39 is 0 Å². The number of pyridine rings is 1. The third kappa shape index (κ3) is 5.07. The standard InChI is InChI=1S/C16H21N4O5/c1-4-24-14(21)8-6-5-7-13-18-16(19-25-13)15-11(2)9-12(10-17-15)20(22)23-3/h9-10H,4-8H2,1-3H3/q+1. The number of rotatable bonds is 9. The number of nitrogens with zero attached hydrogens (tertiary/aromatic N) is 4.